The Morgan fingerprint density at radius 3 is 2.62 bits per heavy atom. The highest BCUT2D eigenvalue weighted by Gasteiger charge is 2.39. The second-order valence-corrected chi connectivity index (χ2v) is 7.46. The number of hydrogen-bond acceptors (Lipinski definition) is 3. The minimum Gasteiger partial charge on any atom is -0.327 e. The Morgan fingerprint density at radius 2 is 1.95 bits per heavy atom. The fraction of sp³-hybridized carbons (Fsp3) is 0.588. The molecule has 0 radical (unpaired) electrons. The summed E-state index contributed by atoms with van der Waals surface area (Å²) >= 11 is 1.96. The second kappa shape index (κ2) is 6.41. The summed E-state index contributed by atoms with van der Waals surface area (Å²) in [4.78, 5) is 14.7. The molecule has 1 saturated carbocycles. The third kappa shape index (κ3) is 3.11. The highest BCUT2D eigenvalue weighted by Crippen LogP contribution is 2.40. The van der Waals surface area contributed by atoms with Crippen LogP contribution in [0.4, 0.5) is 0 Å². The fourth-order valence-electron chi connectivity index (χ4n) is 3.56. The number of hydrogen-bond donors (Lipinski definition) is 1. The SMILES string of the molecule is CSC1(CN2CNC(c3ccccc3)C2=O)CCCCC1. The first-order chi connectivity index (χ1) is 10.2. The standard InChI is InChI=1S/C17H24N2OS/c1-21-17(10-6-3-7-11-17)12-19-13-18-15(16(19)20)14-8-4-2-5-9-14/h2,4-5,8-9,15,18H,3,6-7,10-13H2,1H3. The minimum atomic E-state index is -0.159. The quantitative estimate of drug-likeness (QED) is 0.927. The highest BCUT2D eigenvalue weighted by atomic mass is 32.2. The summed E-state index contributed by atoms with van der Waals surface area (Å²) in [7, 11) is 0. The zero-order chi connectivity index (χ0) is 14.7. The van der Waals surface area contributed by atoms with Gasteiger partial charge in [-0.2, -0.15) is 11.8 Å². The average molecular weight is 304 g/mol. The molecule has 1 aromatic rings. The summed E-state index contributed by atoms with van der Waals surface area (Å²) in [6.45, 7) is 1.57. The lowest BCUT2D eigenvalue weighted by Crippen LogP contribution is -2.43. The van der Waals surface area contributed by atoms with Gasteiger partial charge in [-0.3, -0.25) is 10.1 Å². The maximum Gasteiger partial charge on any atom is 0.245 e. The van der Waals surface area contributed by atoms with Crippen molar-refractivity contribution in [3.05, 3.63) is 35.9 Å². The maximum absolute atomic E-state index is 12.7. The lowest BCUT2D eigenvalue weighted by atomic mass is 9.88. The topological polar surface area (TPSA) is 32.3 Å². The predicted octanol–water partition coefficient (Wildman–Crippen LogP) is 3.18. The number of thioether (sulfide) groups is 1. The van der Waals surface area contributed by atoms with Gasteiger partial charge in [0.25, 0.3) is 0 Å². The van der Waals surface area contributed by atoms with Gasteiger partial charge < -0.3 is 4.90 Å². The van der Waals surface area contributed by atoms with Gasteiger partial charge in [0.15, 0.2) is 0 Å². The van der Waals surface area contributed by atoms with Gasteiger partial charge in [0.2, 0.25) is 5.91 Å². The van der Waals surface area contributed by atoms with E-state index in [4.69, 9.17) is 0 Å². The van der Waals surface area contributed by atoms with Crippen LogP contribution >= 0.6 is 11.8 Å². The molecule has 4 heteroatoms. The number of nitrogens with zero attached hydrogens (tertiary/aromatic N) is 1. The second-order valence-electron chi connectivity index (χ2n) is 6.19. The van der Waals surface area contributed by atoms with Crippen LogP contribution in [0, 0.1) is 0 Å². The third-order valence-corrected chi connectivity index (χ3v) is 6.26. The van der Waals surface area contributed by atoms with E-state index < -0.39 is 0 Å². The van der Waals surface area contributed by atoms with Gasteiger partial charge in [-0.05, 0) is 24.7 Å². The zero-order valence-electron chi connectivity index (χ0n) is 12.7. The van der Waals surface area contributed by atoms with E-state index >= 15 is 0 Å². The van der Waals surface area contributed by atoms with Crippen molar-refractivity contribution in [2.75, 3.05) is 19.5 Å². The van der Waals surface area contributed by atoms with Gasteiger partial charge in [-0.1, -0.05) is 49.6 Å². The summed E-state index contributed by atoms with van der Waals surface area (Å²) in [5, 5.41) is 3.37. The molecule has 1 amide bonds. The molecule has 2 aliphatic rings. The molecule has 1 aromatic carbocycles. The molecule has 3 nitrogen and oxygen atoms in total. The largest absolute Gasteiger partial charge is 0.327 e. The van der Waals surface area contributed by atoms with E-state index in [1.54, 1.807) is 0 Å². The third-order valence-electron chi connectivity index (χ3n) is 4.85. The van der Waals surface area contributed by atoms with Crippen LogP contribution in [0.25, 0.3) is 0 Å². The van der Waals surface area contributed by atoms with Gasteiger partial charge >= 0.3 is 0 Å². The Kier molecular flexibility index (Phi) is 4.55. The van der Waals surface area contributed by atoms with Crippen LogP contribution in [0.15, 0.2) is 30.3 Å². The van der Waals surface area contributed by atoms with Gasteiger partial charge in [-0.15, -0.1) is 0 Å². The summed E-state index contributed by atoms with van der Waals surface area (Å²) in [6.07, 6.45) is 8.65. The van der Waals surface area contributed by atoms with Crippen molar-refractivity contribution < 1.29 is 4.79 Å². The lowest BCUT2D eigenvalue weighted by Gasteiger charge is -2.38. The molecule has 114 valence electrons. The number of benzene rings is 1. The molecule has 1 N–H and O–H groups in total. The van der Waals surface area contributed by atoms with Gasteiger partial charge in [0.1, 0.15) is 6.04 Å². The Morgan fingerprint density at radius 1 is 1.24 bits per heavy atom. The number of rotatable bonds is 4. The Hall–Kier alpha value is -1.00. The molecule has 0 spiro atoms. The molecule has 3 rings (SSSR count). The molecule has 1 saturated heterocycles. The lowest BCUT2D eigenvalue weighted by molar-refractivity contribution is -0.129. The molecule has 1 aliphatic carbocycles. The van der Waals surface area contributed by atoms with Gasteiger partial charge in [0.05, 0.1) is 6.67 Å². The van der Waals surface area contributed by atoms with E-state index in [1.807, 2.05) is 47.0 Å². The Bertz CT molecular complexity index is 485. The van der Waals surface area contributed by atoms with Crippen LogP contribution in [0.5, 0.6) is 0 Å². The smallest absolute Gasteiger partial charge is 0.245 e. The molecule has 1 atom stereocenters. The molecule has 1 heterocycles. The molecule has 1 aliphatic heterocycles. The first kappa shape index (κ1) is 14.9. The number of carbonyl (C=O) groups is 1. The van der Waals surface area contributed by atoms with Crippen molar-refractivity contribution >= 4 is 17.7 Å². The molecular formula is C17H24N2OS. The van der Waals surface area contributed by atoms with E-state index in [2.05, 4.69) is 11.6 Å². The summed E-state index contributed by atoms with van der Waals surface area (Å²) in [6, 6.07) is 9.89. The average Bonchev–Trinajstić information content (AvgIpc) is 2.90. The summed E-state index contributed by atoms with van der Waals surface area (Å²) in [5.74, 6) is 0.236. The van der Waals surface area contributed by atoms with Crippen molar-refractivity contribution in [1.29, 1.82) is 0 Å². The van der Waals surface area contributed by atoms with E-state index in [0.29, 0.717) is 6.67 Å². The number of nitrogens with one attached hydrogen (secondary N) is 1. The monoisotopic (exact) mass is 304 g/mol. The van der Waals surface area contributed by atoms with E-state index in [-0.39, 0.29) is 16.7 Å². The predicted molar refractivity (Wildman–Crippen MR) is 88.2 cm³/mol. The van der Waals surface area contributed by atoms with Crippen LogP contribution in [0.2, 0.25) is 0 Å². The van der Waals surface area contributed by atoms with Crippen molar-refractivity contribution in [2.45, 2.75) is 42.9 Å². The van der Waals surface area contributed by atoms with Crippen LogP contribution in [-0.2, 0) is 4.79 Å². The number of carbonyl (C=O) groups excluding carboxylic acids is 1. The van der Waals surface area contributed by atoms with Gasteiger partial charge in [-0.25, -0.2) is 0 Å². The van der Waals surface area contributed by atoms with Crippen LogP contribution < -0.4 is 5.32 Å². The van der Waals surface area contributed by atoms with E-state index in [0.717, 1.165) is 12.1 Å². The Balaban J connectivity index is 1.69. The maximum atomic E-state index is 12.7. The number of amides is 1. The highest BCUT2D eigenvalue weighted by molar-refractivity contribution is 8.00. The molecular weight excluding hydrogens is 280 g/mol. The molecule has 0 bridgehead atoms. The van der Waals surface area contributed by atoms with Crippen molar-refractivity contribution in [2.24, 2.45) is 0 Å². The van der Waals surface area contributed by atoms with Crippen LogP contribution in [0.1, 0.15) is 43.7 Å². The van der Waals surface area contributed by atoms with Gasteiger partial charge in [0, 0.05) is 11.3 Å². The van der Waals surface area contributed by atoms with Crippen LogP contribution in [0.3, 0.4) is 0 Å². The van der Waals surface area contributed by atoms with Crippen molar-refractivity contribution in [3.8, 4) is 0 Å². The summed E-state index contributed by atoms with van der Waals surface area (Å²) in [5.41, 5.74) is 1.08. The fourth-order valence-corrected chi connectivity index (χ4v) is 4.54. The van der Waals surface area contributed by atoms with E-state index in [1.165, 1.54) is 32.1 Å². The minimum absolute atomic E-state index is 0.159. The molecule has 1 unspecified atom stereocenters. The summed E-state index contributed by atoms with van der Waals surface area (Å²) < 4.78 is 0.279. The van der Waals surface area contributed by atoms with E-state index in [9.17, 15) is 4.79 Å². The molecule has 2 fully saturated rings. The van der Waals surface area contributed by atoms with Crippen molar-refractivity contribution in [3.63, 3.8) is 0 Å². The Labute approximate surface area is 131 Å². The first-order valence-electron chi connectivity index (χ1n) is 7.86. The molecule has 0 aromatic heterocycles. The van der Waals surface area contributed by atoms with Crippen molar-refractivity contribution in [1.82, 2.24) is 10.2 Å². The molecule has 21 heavy (non-hydrogen) atoms. The zero-order valence-corrected chi connectivity index (χ0v) is 13.5. The van der Waals surface area contributed by atoms with Crippen LogP contribution in [-0.4, -0.2) is 35.0 Å². The first-order valence-corrected chi connectivity index (χ1v) is 9.09. The normalized spacial score (nSPS) is 25.3.